The van der Waals surface area contributed by atoms with Crippen LogP contribution in [-0.4, -0.2) is 23.2 Å². The highest BCUT2D eigenvalue weighted by molar-refractivity contribution is 6.00. The molecule has 2 amide bonds. The Balaban J connectivity index is 2.75. The van der Waals surface area contributed by atoms with Gasteiger partial charge in [-0.1, -0.05) is 33.8 Å². The van der Waals surface area contributed by atoms with Gasteiger partial charge in [0, 0.05) is 22.6 Å². The molecule has 0 saturated heterocycles. The van der Waals surface area contributed by atoms with E-state index in [1.165, 1.54) is 6.07 Å². The Morgan fingerprint density at radius 2 is 1.23 bits per heavy atom. The quantitative estimate of drug-likeness (QED) is 0.544. The average molecular weight is 358 g/mol. The highest BCUT2D eigenvalue weighted by Crippen LogP contribution is 2.07. The number of carbonyl (C=O) groups is 2. The van der Waals surface area contributed by atoms with Crippen molar-refractivity contribution in [2.24, 2.45) is 22.0 Å². The van der Waals surface area contributed by atoms with Crippen LogP contribution in [-0.2, 0) is 0 Å². The molecule has 6 heteroatoms. The number of hydrogen-bond donors (Lipinski definition) is 2. The van der Waals surface area contributed by atoms with E-state index in [-0.39, 0.29) is 11.8 Å². The zero-order valence-corrected chi connectivity index (χ0v) is 16.6. The number of nitrogens with zero attached hydrogens (tertiary/aromatic N) is 2. The van der Waals surface area contributed by atoms with E-state index in [1.54, 1.807) is 18.2 Å². The minimum Gasteiger partial charge on any atom is -0.267 e. The van der Waals surface area contributed by atoms with Gasteiger partial charge in [-0.25, -0.2) is 10.9 Å². The van der Waals surface area contributed by atoms with Crippen LogP contribution < -0.4 is 10.9 Å². The molecule has 1 aromatic carbocycles. The minimum atomic E-state index is -0.345. The molecule has 0 saturated carbocycles. The molecule has 1 rings (SSSR count). The lowest BCUT2D eigenvalue weighted by atomic mass is 10.1. The van der Waals surface area contributed by atoms with Crippen molar-refractivity contribution in [3.05, 3.63) is 35.4 Å². The molecule has 0 atom stereocenters. The number of rotatable bonds is 8. The molecule has 2 N–H and O–H groups in total. The van der Waals surface area contributed by atoms with Crippen molar-refractivity contribution in [2.75, 3.05) is 0 Å². The predicted octanol–water partition coefficient (Wildman–Crippen LogP) is 3.99. The van der Waals surface area contributed by atoms with E-state index in [2.05, 4.69) is 48.7 Å². The number of hydrazone groups is 2. The number of amides is 2. The molecule has 0 bridgehead atoms. The summed E-state index contributed by atoms with van der Waals surface area (Å²) in [6.45, 7) is 12.1. The van der Waals surface area contributed by atoms with Crippen LogP contribution in [0, 0.1) is 11.8 Å². The van der Waals surface area contributed by atoms with Crippen LogP contribution >= 0.6 is 0 Å². The van der Waals surface area contributed by atoms with Crippen molar-refractivity contribution in [1.29, 1.82) is 0 Å². The monoisotopic (exact) mass is 358 g/mol. The Morgan fingerprint density at radius 3 is 1.58 bits per heavy atom. The van der Waals surface area contributed by atoms with E-state index in [0.29, 0.717) is 23.0 Å². The molecule has 0 aliphatic heterocycles. The highest BCUT2D eigenvalue weighted by atomic mass is 16.2. The van der Waals surface area contributed by atoms with E-state index in [1.807, 2.05) is 13.8 Å². The van der Waals surface area contributed by atoms with Gasteiger partial charge < -0.3 is 0 Å². The summed E-state index contributed by atoms with van der Waals surface area (Å²) in [5, 5.41) is 8.19. The molecule has 26 heavy (non-hydrogen) atoms. The number of carbonyl (C=O) groups excluding carboxylic acids is 2. The largest absolute Gasteiger partial charge is 0.271 e. The zero-order chi connectivity index (χ0) is 19.7. The first-order valence-corrected chi connectivity index (χ1v) is 8.96. The predicted molar refractivity (Wildman–Crippen MR) is 107 cm³/mol. The fourth-order valence-electron chi connectivity index (χ4n) is 2.50. The topological polar surface area (TPSA) is 82.9 Å². The van der Waals surface area contributed by atoms with E-state index in [9.17, 15) is 9.59 Å². The van der Waals surface area contributed by atoms with Crippen LogP contribution in [0.2, 0.25) is 0 Å². The van der Waals surface area contributed by atoms with E-state index in [4.69, 9.17) is 0 Å². The van der Waals surface area contributed by atoms with E-state index in [0.717, 1.165) is 24.3 Å². The lowest BCUT2D eigenvalue weighted by Crippen LogP contribution is -2.22. The number of benzene rings is 1. The maximum Gasteiger partial charge on any atom is 0.271 e. The van der Waals surface area contributed by atoms with Crippen LogP contribution in [0.4, 0.5) is 0 Å². The highest BCUT2D eigenvalue weighted by Gasteiger charge is 2.10. The summed E-state index contributed by atoms with van der Waals surface area (Å²) >= 11 is 0. The molecule has 0 fully saturated rings. The van der Waals surface area contributed by atoms with Crippen LogP contribution in [0.25, 0.3) is 0 Å². The van der Waals surface area contributed by atoms with Crippen molar-refractivity contribution in [3.63, 3.8) is 0 Å². The summed E-state index contributed by atoms with van der Waals surface area (Å²) in [5.41, 5.74) is 7.53. The van der Waals surface area contributed by atoms with Crippen molar-refractivity contribution < 1.29 is 9.59 Å². The molecule has 0 aliphatic carbocycles. The van der Waals surface area contributed by atoms with Crippen LogP contribution in [0.15, 0.2) is 34.5 Å². The van der Waals surface area contributed by atoms with Crippen LogP contribution in [0.5, 0.6) is 0 Å². The van der Waals surface area contributed by atoms with Crippen molar-refractivity contribution in [1.82, 2.24) is 10.9 Å². The smallest absolute Gasteiger partial charge is 0.267 e. The van der Waals surface area contributed by atoms with Gasteiger partial charge in [-0.15, -0.1) is 0 Å². The fraction of sp³-hybridized carbons (Fsp3) is 0.500. The summed E-state index contributed by atoms with van der Waals surface area (Å²) in [5.74, 6) is 0.259. The lowest BCUT2D eigenvalue weighted by Gasteiger charge is -2.07. The van der Waals surface area contributed by atoms with Gasteiger partial charge in [0.25, 0.3) is 11.8 Å². The van der Waals surface area contributed by atoms with Gasteiger partial charge in [-0.2, -0.15) is 10.2 Å². The number of nitrogens with one attached hydrogen (secondary N) is 2. The Labute approximate surface area is 156 Å². The van der Waals surface area contributed by atoms with Gasteiger partial charge >= 0.3 is 0 Å². The van der Waals surface area contributed by atoms with Gasteiger partial charge in [0.15, 0.2) is 0 Å². The van der Waals surface area contributed by atoms with Gasteiger partial charge in [0.2, 0.25) is 0 Å². The van der Waals surface area contributed by atoms with Gasteiger partial charge in [0.1, 0.15) is 0 Å². The molecule has 0 aliphatic rings. The molecular weight excluding hydrogens is 328 g/mol. The SMILES string of the molecule is C/C(CC(C)C)=N/NC(=O)c1cccc(C(=O)N/N=C(\C)CC(C)C)c1. The summed E-state index contributed by atoms with van der Waals surface area (Å²) in [6.07, 6.45) is 1.63. The maximum atomic E-state index is 12.2. The summed E-state index contributed by atoms with van der Waals surface area (Å²) in [7, 11) is 0. The third-order valence-corrected chi connectivity index (χ3v) is 3.49. The molecule has 0 spiro atoms. The van der Waals surface area contributed by atoms with Gasteiger partial charge in [-0.3, -0.25) is 9.59 Å². The second kappa shape index (κ2) is 10.5. The lowest BCUT2D eigenvalue weighted by molar-refractivity contribution is 0.0954. The minimum absolute atomic E-state index is 0.345. The molecular formula is C20H30N4O2. The number of hydrogen-bond acceptors (Lipinski definition) is 4. The van der Waals surface area contributed by atoms with Crippen molar-refractivity contribution >= 4 is 23.2 Å². The third-order valence-electron chi connectivity index (χ3n) is 3.49. The summed E-state index contributed by atoms with van der Waals surface area (Å²) in [6, 6.07) is 6.49. The molecule has 0 heterocycles. The zero-order valence-electron chi connectivity index (χ0n) is 16.6. The van der Waals surface area contributed by atoms with Crippen molar-refractivity contribution in [3.8, 4) is 0 Å². The Bertz CT molecular complexity index is 636. The molecule has 1 aromatic rings. The average Bonchev–Trinajstić information content (AvgIpc) is 2.56. The van der Waals surface area contributed by atoms with Gasteiger partial charge in [-0.05, 0) is 56.7 Å². The Morgan fingerprint density at radius 1 is 0.846 bits per heavy atom. The maximum absolute atomic E-state index is 12.2. The Kier molecular flexibility index (Phi) is 8.68. The normalized spacial score (nSPS) is 12.5. The molecule has 0 radical (unpaired) electrons. The van der Waals surface area contributed by atoms with E-state index >= 15 is 0 Å². The second-order valence-electron chi connectivity index (χ2n) is 7.35. The van der Waals surface area contributed by atoms with Crippen LogP contribution in [0.1, 0.15) is 75.1 Å². The molecule has 0 aromatic heterocycles. The molecule has 142 valence electrons. The first-order valence-electron chi connectivity index (χ1n) is 8.96. The van der Waals surface area contributed by atoms with Gasteiger partial charge in [0.05, 0.1) is 0 Å². The molecule has 6 nitrogen and oxygen atoms in total. The van der Waals surface area contributed by atoms with Crippen molar-refractivity contribution in [2.45, 2.75) is 54.4 Å². The van der Waals surface area contributed by atoms with Crippen LogP contribution in [0.3, 0.4) is 0 Å². The fourth-order valence-corrected chi connectivity index (χ4v) is 2.50. The summed E-state index contributed by atoms with van der Waals surface area (Å²) in [4.78, 5) is 24.4. The Hall–Kier alpha value is -2.50. The summed E-state index contributed by atoms with van der Waals surface area (Å²) < 4.78 is 0. The standard InChI is InChI=1S/C20H30N4O2/c1-13(2)10-15(5)21-23-19(25)17-8-7-9-18(12-17)20(26)24-22-16(6)11-14(3)4/h7-9,12-14H,10-11H2,1-6H3,(H,23,25)(H,24,26)/b21-15-,22-16+. The first kappa shape index (κ1) is 21.5. The molecule has 0 unspecified atom stereocenters. The second-order valence-corrected chi connectivity index (χ2v) is 7.35. The van der Waals surface area contributed by atoms with E-state index < -0.39 is 0 Å². The third kappa shape index (κ3) is 8.05. The first-order chi connectivity index (χ1) is 12.2.